The van der Waals surface area contributed by atoms with E-state index in [2.05, 4.69) is 17.6 Å². The molecule has 2 saturated carbocycles. The summed E-state index contributed by atoms with van der Waals surface area (Å²) in [7, 11) is 0. The first-order valence-electron chi connectivity index (χ1n) is 6.90. The van der Waals surface area contributed by atoms with E-state index >= 15 is 0 Å². The molecule has 0 unspecified atom stereocenters. The zero-order valence-corrected chi connectivity index (χ0v) is 10.8. The van der Waals surface area contributed by atoms with Crippen LogP contribution in [0.1, 0.15) is 45.4 Å². The lowest BCUT2D eigenvalue weighted by atomic mass is 9.86. The molecular weight excluding hydrogens is 232 g/mol. The highest BCUT2D eigenvalue weighted by atomic mass is 16.4. The number of nitrogens with one attached hydrogen (secondary N) is 2. The molecule has 102 valence electrons. The topological polar surface area (TPSA) is 78.4 Å². The van der Waals surface area contributed by atoms with E-state index in [1.165, 1.54) is 0 Å². The summed E-state index contributed by atoms with van der Waals surface area (Å²) in [6.07, 6.45) is 5.09. The molecule has 5 heteroatoms. The Morgan fingerprint density at radius 3 is 2.33 bits per heavy atom. The van der Waals surface area contributed by atoms with Gasteiger partial charge < -0.3 is 15.7 Å². The van der Waals surface area contributed by atoms with Crippen molar-refractivity contribution in [3.8, 4) is 0 Å². The molecule has 0 heterocycles. The second kappa shape index (κ2) is 5.59. The second-order valence-corrected chi connectivity index (χ2v) is 5.52. The van der Waals surface area contributed by atoms with Crippen molar-refractivity contribution in [3.05, 3.63) is 0 Å². The van der Waals surface area contributed by atoms with Gasteiger partial charge in [-0.1, -0.05) is 13.3 Å². The zero-order chi connectivity index (χ0) is 13.1. The average Bonchev–Trinajstić information content (AvgIpc) is 3.08. The zero-order valence-electron chi connectivity index (χ0n) is 10.8. The number of urea groups is 1. The van der Waals surface area contributed by atoms with Crippen molar-refractivity contribution in [1.82, 2.24) is 10.6 Å². The minimum Gasteiger partial charge on any atom is -0.481 e. The highest BCUT2D eigenvalue weighted by molar-refractivity contribution is 5.75. The first kappa shape index (κ1) is 13.2. The van der Waals surface area contributed by atoms with Gasteiger partial charge in [-0.2, -0.15) is 0 Å². The van der Waals surface area contributed by atoms with E-state index in [0.717, 1.165) is 25.7 Å². The Hall–Kier alpha value is -1.26. The minimum atomic E-state index is -0.707. The average molecular weight is 254 g/mol. The fraction of sp³-hybridized carbons (Fsp3) is 0.846. The minimum absolute atomic E-state index is 0.0882. The largest absolute Gasteiger partial charge is 0.481 e. The van der Waals surface area contributed by atoms with Crippen LogP contribution in [0.3, 0.4) is 0 Å². The summed E-state index contributed by atoms with van der Waals surface area (Å²) in [5, 5.41) is 14.8. The standard InChI is InChI=1S/C13H22N2O3/c1-2-8-7-11(8)15-13(18)14-10-5-3-9(4-6-10)12(16)17/h8-11H,2-7H2,1H3,(H,16,17)(H2,14,15,18)/t8-,9?,10?,11-/m1/s1. The van der Waals surface area contributed by atoms with Crippen molar-refractivity contribution in [1.29, 1.82) is 0 Å². The lowest BCUT2D eigenvalue weighted by Gasteiger charge is -2.26. The van der Waals surface area contributed by atoms with E-state index in [0.29, 0.717) is 24.8 Å². The van der Waals surface area contributed by atoms with Crippen LogP contribution in [0.5, 0.6) is 0 Å². The third-order valence-electron chi connectivity index (χ3n) is 4.18. The maximum atomic E-state index is 11.7. The third kappa shape index (κ3) is 3.37. The van der Waals surface area contributed by atoms with E-state index in [1.54, 1.807) is 0 Å². The van der Waals surface area contributed by atoms with Crippen LogP contribution < -0.4 is 10.6 Å². The Balaban J connectivity index is 1.65. The highest BCUT2D eigenvalue weighted by Gasteiger charge is 2.37. The number of aliphatic carboxylic acids is 1. The van der Waals surface area contributed by atoms with Gasteiger partial charge in [-0.15, -0.1) is 0 Å². The summed E-state index contributed by atoms with van der Waals surface area (Å²) in [6.45, 7) is 2.14. The number of carbonyl (C=O) groups excluding carboxylic acids is 1. The van der Waals surface area contributed by atoms with E-state index in [1.807, 2.05) is 0 Å². The predicted molar refractivity (Wildman–Crippen MR) is 67.2 cm³/mol. The molecule has 2 atom stereocenters. The van der Waals surface area contributed by atoms with E-state index in [4.69, 9.17) is 5.11 Å². The van der Waals surface area contributed by atoms with Gasteiger partial charge in [0.15, 0.2) is 0 Å². The predicted octanol–water partition coefficient (Wildman–Crippen LogP) is 1.73. The SMILES string of the molecule is CC[C@@H]1C[C@H]1NC(=O)NC1CCC(C(=O)O)CC1. The molecule has 0 radical (unpaired) electrons. The highest BCUT2D eigenvalue weighted by Crippen LogP contribution is 2.33. The fourth-order valence-corrected chi connectivity index (χ4v) is 2.76. The Morgan fingerprint density at radius 1 is 1.17 bits per heavy atom. The van der Waals surface area contributed by atoms with Crippen LogP contribution >= 0.6 is 0 Å². The summed E-state index contributed by atoms with van der Waals surface area (Å²) in [5.41, 5.74) is 0. The van der Waals surface area contributed by atoms with Crippen LogP contribution in [-0.2, 0) is 4.79 Å². The van der Waals surface area contributed by atoms with Crippen LogP contribution in [-0.4, -0.2) is 29.2 Å². The number of rotatable bonds is 4. The molecule has 0 bridgehead atoms. The van der Waals surface area contributed by atoms with Crippen molar-refractivity contribution in [2.45, 2.75) is 57.5 Å². The van der Waals surface area contributed by atoms with E-state index in [9.17, 15) is 9.59 Å². The van der Waals surface area contributed by atoms with Gasteiger partial charge >= 0.3 is 12.0 Å². The number of carbonyl (C=O) groups is 2. The van der Waals surface area contributed by atoms with E-state index in [-0.39, 0.29) is 18.0 Å². The number of hydrogen-bond acceptors (Lipinski definition) is 2. The number of carboxylic acids is 1. The molecule has 2 aliphatic rings. The molecule has 2 rings (SSSR count). The quantitative estimate of drug-likeness (QED) is 0.715. The van der Waals surface area contributed by atoms with Crippen molar-refractivity contribution in [2.24, 2.45) is 11.8 Å². The molecular formula is C13H22N2O3. The van der Waals surface area contributed by atoms with Crippen LogP contribution in [0.4, 0.5) is 4.79 Å². The Morgan fingerprint density at radius 2 is 1.83 bits per heavy atom. The Labute approximate surface area is 107 Å². The van der Waals surface area contributed by atoms with Gasteiger partial charge in [0.1, 0.15) is 0 Å². The van der Waals surface area contributed by atoms with Crippen molar-refractivity contribution < 1.29 is 14.7 Å². The second-order valence-electron chi connectivity index (χ2n) is 5.52. The van der Waals surface area contributed by atoms with Crippen LogP contribution in [0.2, 0.25) is 0 Å². The number of hydrogen-bond donors (Lipinski definition) is 3. The van der Waals surface area contributed by atoms with E-state index < -0.39 is 5.97 Å². The van der Waals surface area contributed by atoms with Gasteiger partial charge in [0, 0.05) is 12.1 Å². The van der Waals surface area contributed by atoms with Gasteiger partial charge in [-0.05, 0) is 38.0 Å². The van der Waals surface area contributed by atoms with Gasteiger partial charge in [0.25, 0.3) is 0 Å². The van der Waals surface area contributed by atoms with Crippen molar-refractivity contribution >= 4 is 12.0 Å². The van der Waals surface area contributed by atoms with Crippen LogP contribution in [0.15, 0.2) is 0 Å². The molecule has 18 heavy (non-hydrogen) atoms. The normalized spacial score (nSPS) is 34.7. The van der Waals surface area contributed by atoms with Crippen molar-refractivity contribution in [2.75, 3.05) is 0 Å². The molecule has 2 fully saturated rings. The molecule has 0 aromatic heterocycles. The molecule has 0 aromatic carbocycles. The Kier molecular flexibility index (Phi) is 4.09. The molecule has 5 nitrogen and oxygen atoms in total. The number of amides is 2. The molecule has 0 spiro atoms. The summed E-state index contributed by atoms with van der Waals surface area (Å²) in [6, 6.07) is 0.402. The van der Waals surface area contributed by atoms with Crippen LogP contribution in [0.25, 0.3) is 0 Å². The van der Waals surface area contributed by atoms with Crippen LogP contribution in [0, 0.1) is 11.8 Å². The molecule has 0 saturated heterocycles. The fourth-order valence-electron chi connectivity index (χ4n) is 2.76. The van der Waals surface area contributed by atoms with Gasteiger partial charge in [-0.3, -0.25) is 4.79 Å². The van der Waals surface area contributed by atoms with Gasteiger partial charge in [-0.25, -0.2) is 4.79 Å². The summed E-state index contributed by atoms with van der Waals surface area (Å²) in [4.78, 5) is 22.5. The Bertz CT molecular complexity index is 324. The van der Waals surface area contributed by atoms with Crippen molar-refractivity contribution in [3.63, 3.8) is 0 Å². The van der Waals surface area contributed by atoms with Gasteiger partial charge in [0.2, 0.25) is 0 Å². The third-order valence-corrected chi connectivity index (χ3v) is 4.18. The first-order chi connectivity index (χ1) is 8.60. The summed E-state index contributed by atoms with van der Waals surface area (Å²) < 4.78 is 0. The van der Waals surface area contributed by atoms with Gasteiger partial charge in [0.05, 0.1) is 5.92 Å². The smallest absolute Gasteiger partial charge is 0.315 e. The number of carboxylic acid groups (broad SMARTS) is 1. The first-order valence-corrected chi connectivity index (χ1v) is 6.90. The molecule has 0 aromatic rings. The monoisotopic (exact) mass is 254 g/mol. The molecule has 3 N–H and O–H groups in total. The molecule has 0 aliphatic heterocycles. The maximum absolute atomic E-state index is 11.7. The lowest BCUT2D eigenvalue weighted by Crippen LogP contribution is -2.45. The molecule has 2 aliphatic carbocycles. The molecule has 2 amide bonds. The summed E-state index contributed by atoms with van der Waals surface area (Å²) in [5.74, 6) is -0.279. The summed E-state index contributed by atoms with van der Waals surface area (Å²) >= 11 is 0. The lowest BCUT2D eigenvalue weighted by molar-refractivity contribution is -0.142. The maximum Gasteiger partial charge on any atom is 0.315 e.